The summed E-state index contributed by atoms with van der Waals surface area (Å²) in [6.45, 7) is 2.50. The van der Waals surface area contributed by atoms with Gasteiger partial charge in [0.15, 0.2) is 0 Å². The van der Waals surface area contributed by atoms with Gasteiger partial charge in [-0.05, 0) is 49.1 Å². The quantitative estimate of drug-likeness (QED) is 0.470. The maximum absolute atomic E-state index is 12.9. The summed E-state index contributed by atoms with van der Waals surface area (Å²) in [6.07, 6.45) is 6.12. The number of carbonyl (C=O) groups is 1. The maximum Gasteiger partial charge on any atom is 0.326 e. The Bertz CT molecular complexity index is 1040. The van der Waals surface area contributed by atoms with Crippen molar-refractivity contribution in [1.82, 2.24) is 9.55 Å². The molecule has 1 atom stereocenters. The summed E-state index contributed by atoms with van der Waals surface area (Å²) in [5, 5.41) is 0.700. The summed E-state index contributed by atoms with van der Waals surface area (Å²) < 4.78 is 6.70. The minimum atomic E-state index is -0.394. The van der Waals surface area contributed by atoms with E-state index >= 15 is 0 Å². The minimum Gasteiger partial charge on any atom is -0.464 e. The van der Waals surface area contributed by atoms with Crippen LogP contribution in [-0.4, -0.2) is 22.1 Å². The van der Waals surface area contributed by atoms with Crippen molar-refractivity contribution in [2.45, 2.75) is 45.6 Å². The first-order chi connectivity index (χ1) is 13.6. The van der Waals surface area contributed by atoms with Crippen molar-refractivity contribution in [3.8, 4) is 0 Å². The zero-order valence-corrected chi connectivity index (χ0v) is 16.8. The van der Waals surface area contributed by atoms with Crippen LogP contribution in [0.25, 0.3) is 10.2 Å². The third-order valence-electron chi connectivity index (χ3n) is 5.30. The standard InChI is InChI=1S/C22H24N2O3S/c1-15-9-10-17-18(12-15)28-21-20(17)22(26)24(14-23-21)13-19(25)27-11-5-8-16-6-3-2-4-7-16/h2-4,6-7,14-15H,5,8-13H2,1H3/t15-/m0/s1. The first-order valence-electron chi connectivity index (χ1n) is 9.81. The van der Waals surface area contributed by atoms with Crippen molar-refractivity contribution in [2.24, 2.45) is 5.92 Å². The van der Waals surface area contributed by atoms with Crippen molar-refractivity contribution in [1.29, 1.82) is 0 Å². The molecule has 28 heavy (non-hydrogen) atoms. The number of hydrogen-bond donors (Lipinski definition) is 0. The van der Waals surface area contributed by atoms with Crippen LogP contribution in [0.4, 0.5) is 0 Å². The van der Waals surface area contributed by atoms with E-state index in [2.05, 4.69) is 24.0 Å². The average molecular weight is 397 g/mol. The van der Waals surface area contributed by atoms with Gasteiger partial charge in [0, 0.05) is 4.88 Å². The number of fused-ring (bicyclic) bond motifs is 3. The highest BCUT2D eigenvalue weighted by Crippen LogP contribution is 2.35. The molecule has 146 valence electrons. The lowest BCUT2D eigenvalue weighted by atomic mass is 9.89. The number of hydrogen-bond acceptors (Lipinski definition) is 5. The molecule has 6 heteroatoms. The Kier molecular flexibility index (Phi) is 5.57. The summed E-state index contributed by atoms with van der Waals surface area (Å²) >= 11 is 1.62. The van der Waals surface area contributed by atoms with Crippen LogP contribution < -0.4 is 5.56 Å². The predicted octanol–water partition coefficient (Wildman–Crippen LogP) is 3.76. The van der Waals surface area contributed by atoms with Crippen molar-refractivity contribution < 1.29 is 9.53 Å². The van der Waals surface area contributed by atoms with Crippen LogP contribution in [0.15, 0.2) is 41.5 Å². The Morgan fingerprint density at radius 1 is 1.32 bits per heavy atom. The molecule has 0 bridgehead atoms. The van der Waals surface area contributed by atoms with E-state index in [9.17, 15) is 9.59 Å². The van der Waals surface area contributed by atoms with Crippen LogP contribution in [0, 0.1) is 5.92 Å². The molecular weight excluding hydrogens is 372 g/mol. The fraction of sp³-hybridized carbons (Fsp3) is 0.409. The molecule has 0 radical (unpaired) electrons. The van der Waals surface area contributed by atoms with E-state index in [0.29, 0.717) is 17.9 Å². The highest BCUT2D eigenvalue weighted by Gasteiger charge is 2.23. The number of thiophene rings is 1. The number of carbonyl (C=O) groups excluding carboxylic acids is 1. The maximum atomic E-state index is 12.9. The van der Waals surface area contributed by atoms with Gasteiger partial charge in [0.2, 0.25) is 0 Å². The van der Waals surface area contributed by atoms with Gasteiger partial charge in [0.25, 0.3) is 5.56 Å². The smallest absolute Gasteiger partial charge is 0.326 e. The SMILES string of the molecule is C[C@H]1CCc2c(sc3ncn(CC(=O)OCCCc4ccccc4)c(=O)c23)C1. The molecule has 1 aliphatic rings. The molecule has 0 aliphatic heterocycles. The van der Waals surface area contributed by atoms with Gasteiger partial charge in [-0.3, -0.25) is 14.2 Å². The van der Waals surface area contributed by atoms with E-state index in [1.807, 2.05) is 18.2 Å². The van der Waals surface area contributed by atoms with Crippen molar-refractivity contribution in [3.05, 3.63) is 63.0 Å². The third kappa shape index (κ3) is 4.02. The second kappa shape index (κ2) is 8.27. The van der Waals surface area contributed by atoms with Crippen molar-refractivity contribution in [3.63, 3.8) is 0 Å². The number of nitrogens with zero attached hydrogens (tertiary/aromatic N) is 2. The molecule has 0 N–H and O–H groups in total. The average Bonchev–Trinajstić information content (AvgIpc) is 3.06. The molecule has 0 saturated carbocycles. The largest absolute Gasteiger partial charge is 0.464 e. The Hall–Kier alpha value is -2.47. The third-order valence-corrected chi connectivity index (χ3v) is 6.46. The lowest BCUT2D eigenvalue weighted by Crippen LogP contribution is -2.26. The molecule has 4 rings (SSSR count). The Morgan fingerprint density at radius 2 is 2.14 bits per heavy atom. The molecule has 0 fully saturated rings. The van der Waals surface area contributed by atoms with Crippen LogP contribution in [0.3, 0.4) is 0 Å². The molecule has 0 amide bonds. The summed E-state index contributed by atoms with van der Waals surface area (Å²) in [7, 11) is 0. The van der Waals surface area contributed by atoms with Crippen LogP contribution in [0.1, 0.15) is 35.8 Å². The van der Waals surface area contributed by atoms with Gasteiger partial charge in [0.05, 0.1) is 18.3 Å². The van der Waals surface area contributed by atoms with E-state index in [0.717, 1.165) is 42.5 Å². The van der Waals surface area contributed by atoms with Crippen molar-refractivity contribution in [2.75, 3.05) is 6.61 Å². The highest BCUT2D eigenvalue weighted by atomic mass is 32.1. The molecule has 2 aromatic heterocycles. The van der Waals surface area contributed by atoms with E-state index < -0.39 is 5.97 Å². The van der Waals surface area contributed by atoms with Crippen LogP contribution in [-0.2, 0) is 35.3 Å². The lowest BCUT2D eigenvalue weighted by molar-refractivity contribution is -0.144. The molecule has 0 spiro atoms. The second-order valence-electron chi connectivity index (χ2n) is 7.52. The van der Waals surface area contributed by atoms with E-state index in [1.54, 1.807) is 11.3 Å². The zero-order chi connectivity index (χ0) is 19.5. The molecular formula is C22H24N2O3S. The molecule has 1 aromatic carbocycles. The zero-order valence-electron chi connectivity index (χ0n) is 16.0. The van der Waals surface area contributed by atoms with E-state index in [-0.39, 0.29) is 12.1 Å². The summed E-state index contributed by atoms with van der Waals surface area (Å²) in [5.74, 6) is 0.252. The molecule has 3 aromatic rings. The molecule has 2 heterocycles. The summed E-state index contributed by atoms with van der Waals surface area (Å²) in [5.41, 5.74) is 2.24. The van der Waals surface area contributed by atoms with Gasteiger partial charge < -0.3 is 4.74 Å². The van der Waals surface area contributed by atoms with Gasteiger partial charge in [-0.1, -0.05) is 37.3 Å². The van der Waals surface area contributed by atoms with Gasteiger partial charge in [0.1, 0.15) is 11.4 Å². The van der Waals surface area contributed by atoms with E-state index in [4.69, 9.17) is 4.74 Å². The number of aryl methyl sites for hydroxylation is 2. The number of esters is 1. The minimum absolute atomic E-state index is 0.0892. The van der Waals surface area contributed by atoms with Gasteiger partial charge in [-0.25, -0.2) is 4.98 Å². The highest BCUT2D eigenvalue weighted by molar-refractivity contribution is 7.18. The molecule has 0 unspecified atom stereocenters. The fourth-order valence-corrected chi connectivity index (χ4v) is 5.11. The first-order valence-corrected chi connectivity index (χ1v) is 10.6. The van der Waals surface area contributed by atoms with Gasteiger partial charge in [-0.2, -0.15) is 0 Å². The number of rotatable bonds is 6. The predicted molar refractivity (Wildman–Crippen MR) is 111 cm³/mol. The molecule has 1 aliphatic carbocycles. The fourth-order valence-electron chi connectivity index (χ4n) is 3.77. The van der Waals surface area contributed by atoms with Crippen molar-refractivity contribution >= 4 is 27.5 Å². The first kappa shape index (κ1) is 18.9. The summed E-state index contributed by atoms with van der Waals surface area (Å²) in [4.78, 5) is 31.6. The van der Waals surface area contributed by atoms with Crippen LogP contribution >= 0.6 is 11.3 Å². The number of aromatic nitrogens is 2. The number of benzene rings is 1. The number of ether oxygens (including phenoxy) is 1. The van der Waals surface area contributed by atoms with E-state index in [1.165, 1.54) is 21.3 Å². The Balaban J connectivity index is 1.39. The van der Waals surface area contributed by atoms with Gasteiger partial charge in [-0.15, -0.1) is 11.3 Å². The van der Waals surface area contributed by atoms with Crippen LogP contribution in [0.2, 0.25) is 0 Å². The monoisotopic (exact) mass is 396 g/mol. The normalized spacial score (nSPS) is 16.1. The molecule has 5 nitrogen and oxygen atoms in total. The van der Waals surface area contributed by atoms with Crippen LogP contribution in [0.5, 0.6) is 0 Å². The topological polar surface area (TPSA) is 61.2 Å². The molecule has 0 saturated heterocycles. The van der Waals surface area contributed by atoms with Gasteiger partial charge >= 0.3 is 5.97 Å². The Labute approximate surface area is 168 Å². The Morgan fingerprint density at radius 3 is 2.96 bits per heavy atom. The lowest BCUT2D eigenvalue weighted by Gasteiger charge is -2.17. The second-order valence-corrected chi connectivity index (χ2v) is 8.60. The summed E-state index contributed by atoms with van der Waals surface area (Å²) in [6, 6.07) is 10.1.